The van der Waals surface area contributed by atoms with E-state index in [0.717, 1.165) is 29.8 Å². The molecule has 0 aliphatic carbocycles. The maximum atomic E-state index is 12.8. The van der Waals surface area contributed by atoms with Gasteiger partial charge in [-0.15, -0.1) is 0 Å². The Morgan fingerprint density at radius 2 is 1.81 bits per heavy atom. The van der Waals surface area contributed by atoms with Crippen LogP contribution in [-0.4, -0.2) is 33.4 Å². The van der Waals surface area contributed by atoms with Gasteiger partial charge in [-0.25, -0.2) is 12.8 Å². The Morgan fingerprint density at radius 3 is 2.44 bits per heavy atom. The highest BCUT2D eigenvalue weighted by molar-refractivity contribution is 7.89. The first-order valence-corrected chi connectivity index (χ1v) is 9.50. The monoisotopic (exact) mass is 414 g/mol. The zero-order chi connectivity index (χ0) is 20.0. The number of ether oxygens (including phenoxy) is 1. The zero-order valence-corrected chi connectivity index (χ0v) is 15.7. The van der Waals surface area contributed by atoms with Crippen LogP contribution >= 0.6 is 11.6 Å². The summed E-state index contributed by atoms with van der Waals surface area (Å²) in [6, 6.07) is 9.09. The van der Waals surface area contributed by atoms with Crippen molar-refractivity contribution < 1.29 is 27.1 Å². The molecule has 10 heteroatoms. The first kappa shape index (κ1) is 20.8. The smallest absolute Gasteiger partial charge is 0.321 e. The first-order chi connectivity index (χ1) is 12.7. The summed E-state index contributed by atoms with van der Waals surface area (Å²) in [7, 11) is -4.00. The Morgan fingerprint density at radius 1 is 1.15 bits per heavy atom. The van der Waals surface area contributed by atoms with E-state index in [4.69, 9.17) is 16.3 Å². The second kappa shape index (κ2) is 8.94. The normalized spacial score (nSPS) is 11.1. The molecule has 27 heavy (non-hydrogen) atoms. The minimum atomic E-state index is -4.00. The van der Waals surface area contributed by atoms with E-state index in [1.165, 1.54) is 0 Å². The lowest BCUT2D eigenvalue weighted by atomic mass is 10.2. The molecule has 0 radical (unpaired) electrons. The van der Waals surface area contributed by atoms with Crippen molar-refractivity contribution in [1.29, 1.82) is 0 Å². The molecular weight excluding hydrogens is 399 g/mol. The van der Waals surface area contributed by atoms with E-state index in [-0.39, 0.29) is 4.90 Å². The number of benzene rings is 2. The maximum absolute atomic E-state index is 12.8. The Bertz CT molecular complexity index is 948. The number of aryl methyl sites for hydroxylation is 1. The van der Waals surface area contributed by atoms with Gasteiger partial charge >= 0.3 is 5.97 Å². The first-order valence-electron chi connectivity index (χ1n) is 7.64. The Labute approximate surface area is 160 Å². The van der Waals surface area contributed by atoms with Crippen molar-refractivity contribution in [2.45, 2.75) is 11.8 Å². The molecule has 144 valence electrons. The number of halogens is 2. The summed E-state index contributed by atoms with van der Waals surface area (Å²) in [4.78, 5) is 23.2. The molecule has 0 fully saturated rings. The minimum Gasteiger partial charge on any atom is -0.455 e. The van der Waals surface area contributed by atoms with Crippen molar-refractivity contribution in [2.24, 2.45) is 0 Å². The number of esters is 1. The molecule has 0 aliphatic rings. The van der Waals surface area contributed by atoms with Crippen LogP contribution in [0.4, 0.5) is 10.1 Å². The summed E-state index contributed by atoms with van der Waals surface area (Å²) in [5.74, 6) is -2.17. The molecule has 1 amide bonds. The van der Waals surface area contributed by atoms with Gasteiger partial charge in [0, 0.05) is 0 Å². The molecule has 2 rings (SSSR count). The summed E-state index contributed by atoms with van der Waals surface area (Å²) >= 11 is 5.98. The van der Waals surface area contributed by atoms with E-state index >= 15 is 0 Å². The standard InChI is InChI=1S/C17H16ClFN2O5S/c1-11-2-7-15(14(18)8-11)21-16(22)10-26-17(23)9-20-27(24,25)13-5-3-12(19)4-6-13/h2-8,20H,9-10H2,1H3,(H,21,22). The van der Waals surface area contributed by atoms with Gasteiger partial charge in [0.15, 0.2) is 6.61 Å². The maximum Gasteiger partial charge on any atom is 0.321 e. The van der Waals surface area contributed by atoms with E-state index in [2.05, 4.69) is 5.32 Å². The van der Waals surface area contributed by atoms with E-state index in [1.54, 1.807) is 18.2 Å². The van der Waals surface area contributed by atoms with E-state index in [1.807, 2.05) is 11.6 Å². The molecule has 2 aromatic rings. The number of hydrogen-bond acceptors (Lipinski definition) is 5. The highest BCUT2D eigenvalue weighted by Crippen LogP contribution is 2.22. The average Bonchev–Trinajstić information content (AvgIpc) is 2.61. The molecular formula is C17H16ClFN2O5S. The highest BCUT2D eigenvalue weighted by atomic mass is 35.5. The molecule has 0 aliphatic heterocycles. The van der Waals surface area contributed by atoms with Crippen molar-refractivity contribution in [3.63, 3.8) is 0 Å². The lowest BCUT2D eigenvalue weighted by Crippen LogP contribution is -2.32. The van der Waals surface area contributed by atoms with Crippen molar-refractivity contribution in [3.05, 3.63) is 58.9 Å². The second-order valence-electron chi connectivity index (χ2n) is 5.47. The van der Waals surface area contributed by atoms with Crippen LogP contribution in [0.15, 0.2) is 47.4 Å². The molecule has 7 nitrogen and oxygen atoms in total. The molecule has 0 saturated heterocycles. The molecule has 0 unspecified atom stereocenters. The van der Waals surface area contributed by atoms with E-state index < -0.39 is 40.9 Å². The summed E-state index contributed by atoms with van der Waals surface area (Å²) in [5.41, 5.74) is 1.28. The fourth-order valence-electron chi connectivity index (χ4n) is 1.96. The molecule has 0 spiro atoms. The van der Waals surface area contributed by atoms with Crippen molar-refractivity contribution in [2.75, 3.05) is 18.5 Å². The quantitative estimate of drug-likeness (QED) is 0.676. The van der Waals surface area contributed by atoms with Gasteiger partial charge in [-0.05, 0) is 48.9 Å². The average molecular weight is 415 g/mol. The van der Waals surface area contributed by atoms with Crippen molar-refractivity contribution >= 4 is 39.2 Å². The fraction of sp³-hybridized carbons (Fsp3) is 0.176. The van der Waals surface area contributed by atoms with Crippen LogP contribution in [0.1, 0.15) is 5.56 Å². The minimum absolute atomic E-state index is 0.205. The topological polar surface area (TPSA) is 102 Å². The highest BCUT2D eigenvalue weighted by Gasteiger charge is 2.17. The van der Waals surface area contributed by atoms with Gasteiger partial charge in [0.05, 0.1) is 15.6 Å². The van der Waals surface area contributed by atoms with Crippen LogP contribution in [0.2, 0.25) is 5.02 Å². The molecule has 2 N–H and O–H groups in total. The predicted octanol–water partition coefficient (Wildman–Crippen LogP) is 2.25. The Hall–Kier alpha value is -2.49. The zero-order valence-electron chi connectivity index (χ0n) is 14.2. The number of hydrogen-bond donors (Lipinski definition) is 2. The molecule has 0 heterocycles. The number of nitrogens with one attached hydrogen (secondary N) is 2. The molecule has 0 bridgehead atoms. The number of carbonyl (C=O) groups excluding carboxylic acids is 2. The lowest BCUT2D eigenvalue weighted by molar-refractivity contribution is -0.146. The van der Waals surface area contributed by atoms with Crippen LogP contribution in [-0.2, 0) is 24.3 Å². The number of carbonyl (C=O) groups is 2. The Balaban J connectivity index is 1.81. The summed E-state index contributed by atoms with van der Waals surface area (Å²) in [6.07, 6.45) is 0. The largest absolute Gasteiger partial charge is 0.455 e. The SMILES string of the molecule is Cc1ccc(NC(=O)COC(=O)CNS(=O)(=O)c2ccc(F)cc2)c(Cl)c1. The van der Waals surface area contributed by atoms with Crippen molar-refractivity contribution in [1.82, 2.24) is 4.72 Å². The van der Waals surface area contributed by atoms with Gasteiger partial charge in [-0.1, -0.05) is 17.7 Å². The van der Waals surface area contributed by atoms with Gasteiger partial charge in [-0.3, -0.25) is 9.59 Å². The number of anilines is 1. The van der Waals surface area contributed by atoms with Crippen LogP contribution in [0.3, 0.4) is 0 Å². The van der Waals surface area contributed by atoms with E-state index in [0.29, 0.717) is 10.7 Å². The fourth-order valence-corrected chi connectivity index (χ4v) is 3.21. The van der Waals surface area contributed by atoms with Crippen LogP contribution in [0, 0.1) is 12.7 Å². The number of sulfonamides is 1. The number of amides is 1. The Kier molecular flexibility index (Phi) is 6.89. The summed E-state index contributed by atoms with van der Waals surface area (Å²) in [5, 5.41) is 2.81. The van der Waals surface area contributed by atoms with Gasteiger partial charge in [-0.2, -0.15) is 4.72 Å². The summed E-state index contributed by atoms with van der Waals surface area (Å²) in [6.45, 7) is 0.547. The van der Waals surface area contributed by atoms with Crippen LogP contribution < -0.4 is 10.0 Å². The second-order valence-corrected chi connectivity index (χ2v) is 7.64. The molecule has 0 aromatic heterocycles. The van der Waals surface area contributed by atoms with Gasteiger partial charge in [0.1, 0.15) is 12.4 Å². The van der Waals surface area contributed by atoms with Crippen LogP contribution in [0.25, 0.3) is 0 Å². The summed E-state index contributed by atoms with van der Waals surface area (Å²) < 4.78 is 43.5. The third-order valence-electron chi connectivity index (χ3n) is 3.29. The van der Waals surface area contributed by atoms with Gasteiger partial charge in [0.25, 0.3) is 5.91 Å². The number of rotatable bonds is 7. The van der Waals surface area contributed by atoms with Gasteiger partial charge < -0.3 is 10.1 Å². The molecule has 2 aromatic carbocycles. The molecule has 0 atom stereocenters. The van der Waals surface area contributed by atoms with Crippen LogP contribution in [0.5, 0.6) is 0 Å². The predicted molar refractivity (Wildman–Crippen MR) is 97.4 cm³/mol. The van der Waals surface area contributed by atoms with E-state index in [9.17, 15) is 22.4 Å². The third-order valence-corrected chi connectivity index (χ3v) is 5.02. The van der Waals surface area contributed by atoms with Crippen molar-refractivity contribution in [3.8, 4) is 0 Å². The molecule has 0 saturated carbocycles. The van der Waals surface area contributed by atoms with Gasteiger partial charge in [0.2, 0.25) is 10.0 Å². The lowest BCUT2D eigenvalue weighted by Gasteiger charge is -2.09. The third kappa shape index (κ3) is 6.31.